The monoisotopic (exact) mass is 534 g/mol. The first kappa shape index (κ1) is 30.9. The van der Waals surface area contributed by atoms with Crippen LogP contribution in [0.4, 0.5) is 10.5 Å². The predicted octanol–water partition coefficient (Wildman–Crippen LogP) is 3.97. The molecule has 0 fully saturated rings. The Labute approximate surface area is 230 Å². The molecule has 2 unspecified atom stereocenters. The van der Waals surface area contributed by atoms with E-state index in [-0.39, 0.29) is 19.4 Å². The first-order valence-corrected chi connectivity index (χ1v) is 12.8. The van der Waals surface area contributed by atoms with Gasteiger partial charge in [0.2, 0.25) is 11.8 Å². The van der Waals surface area contributed by atoms with E-state index in [1.54, 1.807) is 52.0 Å². The zero-order valence-corrected chi connectivity index (χ0v) is 23.5. The minimum Gasteiger partial charge on any atom is -0.444 e. The fourth-order valence-electron chi connectivity index (χ4n) is 4.10. The third kappa shape index (κ3) is 8.88. The van der Waals surface area contributed by atoms with Crippen molar-refractivity contribution >= 4 is 29.5 Å². The molecule has 4 N–H and O–H groups in total. The number of terminal acetylenes is 1. The molecule has 9 heteroatoms. The first-order valence-electron chi connectivity index (χ1n) is 12.8. The molecule has 0 aliphatic rings. The van der Waals surface area contributed by atoms with Crippen molar-refractivity contribution in [3.63, 3.8) is 0 Å². The second-order valence-electron chi connectivity index (χ2n) is 10.3. The van der Waals surface area contributed by atoms with Gasteiger partial charge in [-0.05, 0) is 76.8 Å². The molecule has 0 heterocycles. The third-order valence-electron chi connectivity index (χ3n) is 5.97. The standard InChI is InChI=1S/C30H38N4O5/c1-8-21-13-15-22(16-14-21)26(27(36)33-25-19(3)11-10-12-20(25)4)34(9-2)28(37)23(17-18-24(31)35)32-29(38)39-30(5,6)7/h1,10-16,23,26H,9,17-18H2,2-7H3,(H2,31,35)(H,32,38)(H,33,36). The molecule has 0 radical (unpaired) electrons. The Balaban J connectivity index is 2.52. The highest BCUT2D eigenvalue weighted by Gasteiger charge is 2.36. The number of nitrogens with zero attached hydrogens (tertiary/aromatic N) is 1. The molecule has 0 bridgehead atoms. The topological polar surface area (TPSA) is 131 Å². The van der Waals surface area contributed by atoms with Crippen molar-refractivity contribution in [1.82, 2.24) is 10.2 Å². The Hall–Kier alpha value is -4.32. The maximum atomic E-state index is 13.9. The maximum absolute atomic E-state index is 13.9. The van der Waals surface area contributed by atoms with E-state index < -0.39 is 41.5 Å². The average molecular weight is 535 g/mol. The molecule has 0 saturated carbocycles. The second kappa shape index (κ2) is 13.5. The summed E-state index contributed by atoms with van der Waals surface area (Å²) in [6, 6.07) is 10.2. The molecule has 9 nitrogen and oxygen atoms in total. The van der Waals surface area contributed by atoms with Crippen molar-refractivity contribution in [1.29, 1.82) is 0 Å². The summed E-state index contributed by atoms with van der Waals surface area (Å²) in [6.45, 7) is 10.7. The lowest BCUT2D eigenvalue weighted by Gasteiger charge is -2.34. The molecule has 208 valence electrons. The highest BCUT2D eigenvalue weighted by molar-refractivity contribution is 6.00. The lowest BCUT2D eigenvalue weighted by molar-refractivity contribution is -0.140. The van der Waals surface area contributed by atoms with E-state index in [4.69, 9.17) is 16.9 Å². The van der Waals surface area contributed by atoms with Crippen LogP contribution in [-0.4, -0.2) is 46.9 Å². The van der Waals surface area contributed by atoms with Crippen LogP contribution in [-0.2, 0) is 19.1 Å². The summed E-state index contributed by atoms with van der Waals surface area (Å²) in [7, 11) is 0. The van der Waals surface area contributed by atoms with Crippen LogP contribution < -0.4 is 16.4 Å². The molecule has 0 saturated heterocycles. The SMILES string of the molecule is C#Cc1ccc(C(C(=O)Nc2c(C)cccc2C)N(CC)C(=O)C(CCC(N)=O)NC(=O)OC(C)(C)C)cc1. The van der Waals surface area contributed by atoms with Gasteiger partial charge in [0, 0.05) is 24.2 Å². The number of aryl methyl sites for hydroxylation is 2. The first-order chi connectivity index (χ1) is 18.3. The number of carbonyl (C=O) groups is 4. The number of para-hydroxylation sites is 1. The van der Waals surface area contributed by atoms with E-state index in [1.165, 1.54) is 4.90 Å². The summed E-state index contributed by atoms with van der Waals surface area (Å²) in [5, 5.41) is 5.53. The number of rotatable bonds is 10. The summed E-state index contributed by atoms with van der Waals surface area (Å²) in [5.74, 6) is 0.909. The largest absolute Gasteiger partial charge is 0.444 e. The fourth-order valence-corrected chi connectivity index (χ4v) is 4.10. The number of hydrogen-bond acceptors (Lipinski definition) is 5. The van der Waals surface area contributed by atoms with Crippen LogP contribution in [0, 0.1) is 26.2 Å². The van der Waals surface area contributed by atoms with Crippen LogP contribution in [0.3, 0.4) is 0 Å². The van der Waals surface area contributed by atoms with Crippen molar-refractivity contribution < 1.29 is 23.9 Å². The van der Waals surface area contributed by atoms with E-state index in [1.807, 2.05) is 32.0 Å². The number of anilines is 1. The molecule has 2 atom stereocenters. The Morgan fingerprint density at radius 3 is 2.13 bits per heavy atom. The van der Waals surface area contributed by atoms with Gasteiger partial charge in [-0.25, -0.2) is 4.79 Å². The molecular weight excluding hydrogens is 496 g/mol. The van der Waals surface area contributed by atoms with Crippen molar-refractivity contribution in [2.24, 2.45) is 5.73 Å². The molecule has 39 heavy (non-hydrogen) atoms. The van der Waals surface area contributed by atoms with Crippen LogP contribution in [0.2, 0.25) is 0 Å². The minimum atomic E-state index is -1.16. The highest BCUT2D eigenvalue weighted by atomic mass is 16.6. The number of amides is 4. The van der Waals surface area contributed by atoms with Crippen LogP contribution in [0.5, 0.6) is 0 Å². The molecule has 2 aromatic rings. The van der Waals surface area contributed by atoms with Gasteiger partial charge in [-0.15, -0.1) is 6.42 Å². The van der Waals surface area contributed by atoms with Crippen molar-refractivity contribution in [3.05, 3.63) is 64.7 Å². The van der Waals surface area contributed by atoms with Crippen LogP contribution in [0.1, 0.15) is 68.8 Å². The number of carbonyl (C=O) groups excluding carboxylic acids is 4. The Morgan fingerprint density at radius 2 is 1.64 bits per heavy atom. The number of ether oxygens (including phenoxy) is 1. The molecule has 0 spiro atoms. The summed E-state index contributed by atoms with van der Waals surface area (Å²) in [5.41, 5.74) is 8.05. The van der Waals surface area contributed by atoms with Gasteiger partial charge in [-0.2, -0.15) is 0 Å². The van der Waals surface area contributed by atoms with Gasteiger partial charge in [0.1, 0.15) is 17.7 Å². The number of benzene rings is 2. The van der Waals surface area contributed by atoms with Crippen molar-refractivity contribution in [2.75, 3.05) is 11.9 Å². The minimum absolute atomic E-state index is 0.0643. The third-order valence-corrected chi connectivity index (χ3v) is 5.97. The van der Waals surface area contributed by atoms with E-state index in [0.29, 0.717) is 16.8 Å². The van der Waals surface area contributed by atoms with Gasteiger partial charge in [0.05, 0.1) is 0 Å². The molecule has 0 aliphatic heterocycles. The Morgan fingerprint density at radius 1 is 1.05 bits per heavy atom. The Kier molecular flexibility index (Phi) is 10.7. The van der Waals surface area contributed by atoms with Gasteiger partial charge < -0.3 is 26.0 Å². The zero-order valence-electron chi connectivity index (χ0n) is 23.5. The van der Waals surface area contributed by atoms with Crippen LogP contribution >= 0.6 is 0 Å². The van der Waals surface area contributed by atoms with Gasteiger partial charge in [-0.3, -0.25) is 14.4 Å². The number of likely N-dealkylation sites (N-methyl/N-ethyl adjacent to an activating group) is 1. The predicted molar refractivity (Wildman–Crippen MR) is 151 cm³/mol. The van der Waals surface area contributed by atoms with E-state index in [9.17, 15) is 19.2 Å². The normalized spacial score (nSPS) is 12.4. The quantitative estimate of drug-likeness (QED) is 0.397. The number of hydrogen-bond donors (Lipinski definition) is 3. The number of alkyl carbamates (subject to hydrolysis) is 1. The fraction of sp³-hybridized carbons (Fsp3) is 0.400. The number of primary amides is 1. The Bertz CT molecular complexity index is 1220. The van der Waals surface area contributed by atoms with Crippen LogP contribution in [0.25, 0.3) is 0 Å². The van der Waals surface area contributed by atoms with E-state index in [0.717, 1.165) is 11.1 Å². The molecular formula is C30H38N4O5. The van der Waals surface area contributed by atoms with Gasteiger partial charge in [-0.1, -0.05) is 36.3 Å². The van der Waals surface area contributed by atoms with E-state index >= 15 is 0 Å². The summed E-state index contributed by atoms with van der Waals surface area (Å²) in [4.78, 5) is 53.2. The smallest absolute Gasteiger partial charge is 0.408 e. The van der Waals surface area contributed by atoms with Crippen molar-refractivity contribution in [2.45, 2.75) is 72.1 Å². The molecule has 0 aliphatic carbocycles. The average Bonchev–Trinajstić information content (AvgIpc) is 2.85. The van der Waals surface area contributed by atoms with Gasteiger partial charge in [0.15, 0.2) is 0 Å². The lowest BCUT2D eigenvalue weighted by Crippen LogP contribution is -2.52. The summed E-state index contributed by atoms with van der Waals surface area (Å²) >= 11 is 0. The number of nitrogens with two attached hydrogens (primary N) is 1. The lowest BCUT2D eigenvalue weighted by atomic mass is 9.99. The maximum Gasteiger partial charge on any atom is 0.408 e. The summed E-state index contributed by atoms with van der Waals surface area (Å²) < 4.78 is 5.33. The molecule has 0 aromatic heterocycles. The van der Waals surface area contributed by atoms with Gasteiger partial charge in [0.25, 0.3) is 5.91 Å². The van der Waals surface area contributed by atoms with Crippen molar-refractivity contribution in [3.8, 4) is 12.3 Å². The summed E-state index contributed by atoms with van der Waals surface area (Å²) in [6.07, 6.45) is 4.47. The zero-order chi connectivity index (χ0) is 29.3. The number of nitrogens with one attached hydrogen (secondary N) is 2. The second-order valence-corrected chi connectivity index (χ2v) is 10.3. The van der Waals surface area contributed by atoms with E-state index in [2.05, 4.69) is 16.6 Å². The van der Waals surface area contributed by atoms with Crippen LogP contribution in [0.15, 0.2) is 42.5 Å². The molecule has 4 amide bonds. The highest BCUT2D eigenvalue weighted by Crippen LogP contribution is 2.27. The molecule has 2 aromatic carbocycles. The molecule has 2 rings (SSSR count). The van der Waals surface area contributed by atoms with Gasteiger partial charge >= 0.3 is 6.09 Å².